The minimum Gasteiger partial charge on any atom is -0.321 e. The Balaban J connectivity index is 0.874. The number of carbonyl (C=O) groups is 3. The van der Waals surface area contributed by atoms with Crippen molar-refractivity contribution in [2.75, 3.05) is 25.0 Å². The highest BCUT2D eigenvalue weighted by molar-refractivity contribution is 6.04. The van der Waals surface area contributed by atoms with Crippen LogP contribution in [0.4, 0.5) is 18.9 Å². The Morgan fingerprint density at radius 2 is 1.80 bits per heavy atom. The zero-order valence-electron chi connectivity index (χ0n) is 29.8. The molecule has 1 saturated carbocycles. The topological polar surface area (TPSA) is 136 Å². The summed E-state index contributed by atoms with van der Waals surface area (Å²) >= 11 is 0. The molecule has 15 heteroatoms. The van der Waals surface area contributed by atoms with Crippen molar-refractivity contribution in [2.24, 2.45) is 13.0 Å². The van der Waals surface area contributed by atoms with Gasteiger partial charge in [-0.1, -0.05) is 18.2 Å². The summed E-state index contributed by atoms with van der Waals surface area (Å²) in [4.78, 5) is 56.5. The van der Waals surface area contributed by atoms with Gasteiger partial charge in [-0.2, -0.15) is 5.10 Å². The number of alkyl halides is 3. The highest BCUT2D eigenvalue weighted by atomic mass is 19.3. The molecule has 3 amide bonds. The minimum atomic E-state index is -2.77. The van der Waals surface area contributed by atoms with Crippen LogP contribution in [-0.4, -0.2) is 72.3 Å². The van der Waals surface area contributed by atoms with Gasteiger partial charge in [-0.25, -0.2) is 22.9 Å². The van der Waals surface area contributed by atoms with Gasteiger partial charge in [0.25, 0.3) is 12.3 Å². The first-order chi connectivity index (χ1) is 26.0. The molecular formula is C39H41F3N8O4. The predicted molar refractivity (Wildman–Crippen MR) is 195 cm³/mol. The van der Waals surface area contributed by atoms with Crippen LogP contribution in [0.2, 0.25) is 0 Å². The Kier molecular flexibility index (Phi) is 9.58. The molecule has 2 aromatic carbocycles. The molecule has 2 saturated heterocycles. The highest BCUT2D eigenvalue weighted by Gasteiger charge is 2.36. The second-order valence-electron chi connectivity index (χ2n) is 14.8. The van der Waals surface area contributed by atoms with Crippen molar-refractivity contribution >= 4 is 45.3 Å². The number of rotatable bonds is 8. The average Bonchev–Trinajstić information content (AvgIpc) is 3.70. The van der Waals surface area contributed by atoms with Gasteiger partial charge in [0.2, 0.25) is 11.8 Å². The van der Waals surface area contributed by atoms with E-state index in [0.717, 1.165) is 55.2 Å². The van der Waals surface area contributed by atoms with Crippen molar-refractivity contribution in [3.63, 3.8) is 0 Å². The maximum absolute atomic E-state index is 16.1. The van der Waals surface area contributed by atoms with E-state index < -0.39 is 36.1 Å². The van der Waals surface area contributed by atoms with Crippen LogP contribution < -0.4 is 16.3 Å². The molecular weight excluding hydrogens is 701 g/mol. The molecule has 1 aliphatic carbocycles. The van der Waals surface area contributed by atoms with Crippen LogP contribution in [0.3, 0.4) is 0 Å². The van der Waals surface area contributed by atoms with E-state index in [4.69, 9.17) is 5.10 Å². The van der Waals surface area contributed by atoms with E-state index in [0.29, 0.717) is 35.6 Å². The molecule has 54 heavy (non-hydrogen) atoms. The normalized spacial score (nSPS) is 24.0. The minimum absolute atomic E-state index is 0.0864. The molecule has 0 bridgehead atoms. The summed E-state index contributed by atoms with van der Waals surface area (Å²) in [5.74, 6) is -1.37. The van der Waals surface area contributed by atoms with Gasteiger partial charge in [-0.15, -0.1) is 0 Å². The number of nitrogens with one attached hydrogen (secondary N) is 2. The van der Waals surface area contributed by atoms with Gasteiger partial charge < -0.3 is 10.2 Å². The number of carbonyl (C=O) groups excluding carboxylic acids is 3. The molecule has 3 aromatic heterocycles. The summed E-state index contributed by atoms with van der Waals surface area (Å²) in [5.41, 5.74) is 2.38. The van der Waals surface area contributed by atoms with Crippen LogP contribution in [0.5, 0.6) is 0 Å². The number of nitrogens with zero attached hydrogens (tertiary/aromatic N) is 6. The van der Waals surface area contributed by atoms with Crippen LogP contribution in [0.25, 0.3) is 21.9 Å². The van der Waals surface area contributed by atoms with Crippen LogP contribution in [-0.2, 0) is 16.6 Å². The van der Waals surface area contributed by atoms with E-state index in [1.165, 1.54) is 27.3 Å². The van der Waals surface area contributed by atoms with Gasteiger partial charge in [-0.05, 0) is 92.9 Å². The van der Waals surface area contributed by atoms with E-state index in [2.05, 4.69) is 20.5 Å². The van der Waals surface area contributed by atoms with Crippen molar-refractivity contribution in [1.29, 1.82) is 0 Å². The summed E-state index contributed by atoms with van der Waals surface area (Å²) in [7, 11) is 1.65. The number of halogens is 3. The zero-order chi connectivity index (χ0) is 37.7. The summed E-state index contributed by atoms with van der Waals surface area (Å²) in [5, 5.41) is 10.7. The number of aromatic nitrogens is 5. The molecule has 0 radical (unpaired) electrons. The predicted octanol–water partition coefficient (Wildman–Crippen LogP) is 5.81. The van der Waals surface area contributed by atoms with Gasteiger partial charge in [0.1, 0.15) is 23.6 Å². The van der Waals surface area contributed by atoms with Crippen LogP contribution in [0.15, 0.2) is 65.6 Å². The lowest BCUT2D eigenvalue weighted by Crippen LogP contribution is -2.44. The fourth-order valence-corrected chi connectivity index (χ4v) is 8.64. The molecule has 0 spiro atoms. The lowest BCUT2D eigenvalue weighted by molar-refractivity contribution is -0.135. The van der Waals surface area contributed by atoms with Gasteiger partial charge in [-0.3, -0.25) is 33.5 Å². The molecule has 3 aliphatic rings. The summed E-state index contributed by atoms with van der Waals surface area (Å²) < 4.78 is 47.1. The number of anilines is 1. The zero-order valence-corrected chi connectivity index (χ0v) is 29.8. The number of benzene rings is 2. The Morgan fingerprint density at radius 3 is 2.56 bits per heavy atom. The van der Waals surface area contributed by atoms with Gasteiger partial charge in [0.05, 0.1) is 22.6 Å². The van der Waals surface area contributed by atoms with E-state index in [1.54, 1.807) is 19.2 Å². The van der Waals surface area contributed by atoms with Crippen molar-refractivity contribution in [1.82, 2.24) is 34.1 Å². The van der Waals surface area contributed by atoms with E-state index in [-0.39, 0.29) is 42.1 Å². The summed E-state index contributed by atoms with van der Waals surface area (Å²) in [6.45, 7) is 1.86. The van der Waals surface area contributed by atoms with E-state index >= 15 is 4.39 Å². The quantitative estimate of drug-likeness (QED) is 0.192. The van der Waals surface area contributed by atoms with Gasteiger partial charge >= 0.3 is 5.69 Å². The molecule has 282 valence electrons. The Bertz CT molecular complexity index is 2310. The maximum Gasteiger partial charge on any atom is 0.329 e. The number of para-hydroxylation sites is 1. The smallest absolute Gasteiger partial charge is 0.321 e. The third-order valence-electron chi connectivity index (χ3n) is 11.4. The Morgan fingerprint density at radius 1 is 1.00 bits per heavy atom. The number of likely N-dealkylation sites (tertiary alicyclic amines) is 1. The number of pyridine rings is 1. The molecule has 8 rings (SSSR count). The van der Waals surface area contributed by atoms with Crippen molar-refractivity contribution < 1.29 is 27.6 Å². The Hall–Kier alpha value is -5.31. The highest BCUT2D eigenvalue weighted by Crippen LogP contribution is 2.38. The molecule has 2 N–H and O–H groups in total. The third-order valence-corrected chi connectivity index (χ3v) is 11.4. The largest absolute Gasteiger partial charge is 0.329 e. The number of hydrogen-bond acceptors (Lipinski definition) is 7. The molecule has 2 aliphatic heterocycles. The first-order valence-electron chi connectivity index (χ1n) is 18.5. The molecule has 3 atom stereocenters. The lowest BCUT2D eigenvalue weighted by Gasteiger charge is -2.38. The number of amides is 3. The standard InChI is InChI=1S/C39H41F3N8O4/c1-47-35-27(4-2-7-32(35)50(39(47)54)33-14-15-34(51)45-38(33)53)26-16-17-48(21-28(26)40)19-22-8-11-25(12-9-22)49-20-23-18-24(10-13-29(23)46-49)43-37(52)31-6-3-5-30(44-31)36(41)42/h2-7,10,13,18,20,22,25-26,28,33,36H,8-9,11-12,14-17,19,21H2,1H3,(H,43,52)(H,45,51,53)/t22-,25-,26-,28+,33?/m1/s1. The monoisotopic (exact) mass is 742 g/mol. The number of hydrogen-bond donors (Lipinski definition) is 2. The molecule has 12 nitrogen and oxygen atoms in total. The fraction of sp³-hybridized carbons (Fsp3) is 0.436. The second kappa shape index (κ2) is 14.5. The first-order valence-corrected chi connectivity index (χ1v) is 18.5. The molecule has 3 fully saturated rings. The number of piperidine rings is 2. The second-order valence-corrected chi connectivity index (χ2v) is 14.8. The van der Waals surface area contributed by atoms with Crippen LogP contribution >= 0.6 is 0 Å². The summed E-state index contributed by atoms with van der Waals surface area (Å²) in [6, 6.07) is 14.2. The van der Waals surface area contributed by atoms with E-state index in [9.17, 15) is 28.0 Å². The maximum atomic E-state index is 16.1. The van der Waals surface area contributed by atoms with Crippen molar-refractivity contribution in [3.8, 4) is 0 Å². The number of imidazole rings is 1. The molecule has 5 aromatic rings. The fourth-order valence-electron chi connectivity index (χ4n) is 8.64. The Labute approximate surface area is 308 Å². The van der Waals surface area contributed by atoms with Crippen LogP contribution in [0.1, 0.15) is 91.1 Å². The number of aryl methyl sites for hydroxylation is 1. The SMILES string of the molecule is Cn1c(=O)n(C2CCC(=O)NC2=O)c2cccc([C@H]3CCN(C[C@H]4CC[C@H](n5cc6cc(NC(=O)c7cccc(C(F)F)n7)ccc6n5)CC4)C[C@@H]3F)c21. The molecule has 5 heterocycles. The number of fused-ring (bicyclic) bond motifs is 2. The lowest BCUT2D eigenvalue weighted by atomic mass is 9.83. The van der Waals surface area contributed by atoms with Crippen molar-refractivity contribution in [2.45, 2.75) is 75.5 Å². The average molecular weight is 743 g/mol. The molecule has 1 unspecified atom stereocenters. The number of imide groups is 1. The van der Waals surface area contributed by atoms with Gasteiger partial charge in [0.15, 0.2) is 0 Å². The third kappa shape index (κ3) is 6.80. The van der Waals surface area contributed by atoms with Crippen molar-refractivity contribution in [3.05, 3.63) is 88.2 Å². The van der Waals surface area contributed by atoms with Gasteiger partial charge in [0, 0.05) is 49.7 Å². The summed E-state index contributed by atoms with van der Waals surface area (Å²) in [6.07, 6.45) is 2.92. The van der Waals surface area contributed by atoms with E-state index in [1.807, 2.05) is 35.1 Å². The van der Waals surface area contributed by atoms with Crippen LogP contribution in [0, 0.1) is 5.92 Å². The first kappa shape index (κ1) is 35.7.